The van der Waals surface area contributed by atoms with Crippen LogP contribution in [-0.4, -0.2) is 10.1 Å². The first kappa shape index (κ1) is 9.93. The summed E-state index contributed by atoms with van der Waals surface area (Å²) in [4.78, 5) is 4.17. The lowest BCUT2D eigenvalue weighted by molar-refractivity contribution is 0.175. The lowest BCUT2D eigenvalue weighted by Crippen LogP contribution is -2.03. The molecule has 1 atom stereocenters. The van der Waals surface area contributed by atoms with E-state index in [1.165, 1.54) is 0 Å². The molecule has 2 aromatic rings. The monoisotopic (exact) mass is 203 g/mol. The molecule has 2 heterocycles. The van der Waals surface area contributed by atoms with Gasteiger partial charge in [0.25, 0.3) is 0 Å². The number of furan rings is 1. The quantitative estimate of drug-likeness (QED) is 0.832. The van der Waals surface area contributed by atoms with Gasteiger partial charge in [-0.2, -0.15) is 0 Å². The number of pyridine rings is 1. The van der Waals surface area contributed by atoms with Gasteiger partial charge in [-0.1, -0.05) is 6.07 Å². The highest BCUT2D eigenvalue weighted by molar-refractivity contribution is 5.20. The molecule has 0 radical (unpaired) electrons. The van der Waals surface area contributed by atoms with E-state index in [-0.39, 0.29) is 0 Å². The van der Waals surface area contributed by atoms with E-state index in [2.05, 4.69) is 4.98 Å². The van der Waals surface area contributed by atoms with Gasteiger partial charge in [0.15, 0.2) is 0 Å². The van der Waals surface area contributed by atoms with Crippen molar-refractivity contribution in [2.45, 2.75) is 19.4 Å². The zero-order chi connectivity index (χ0) is 10.7. The molecule has 2 rings (SSSR count). The van der Waals surface area contributed by atoms with Crippen molar-refractivity contribution in [1.82, 2.24) is 4.98 Å². The zero-order valence-corrected chi connectivity index (χ0v) is 8.55. The van der Waals surface area contributed by atoms with E-state index in [1.807, 2.05) is 25.1 Å². The van der Waals surface area contributed by atoms with Crippen LogP contribution in [0.1, 0.15) is 23.1 Å². The first-order valence-electron chi connectivity index (χ1n) is 4.89. The second-order valence-corrected chi connectivity index (χ2v) is 3.47. The van der Waals surface area contributed by atoms with Crippen LogP contribution < -0.4 is 0 Å². The van der Waals surface area contributed by atoms with Crippen molar-refractivity contribution < 1.29 is 9.52 Å². The topological polar surface area (TPSA) is 46.3 Å². The van der Waals surface area contributed by atoms with Crippen LogP contribution in [-0.2, 0) is 6.42 Å². The Morgan fingerprint density at radius 1 is 1.40 bits per heavy atom. The van der Waals surface area contributed by atoms with Crippen molar-refractivity contribution in [3.8, 4) is 0 Å². The van der Waals surface area contributed by atoms with E-state index in [9.17, 15) is 5.11 Å². The van der Waals surface area contributed by atoms with E-state index >= 15 is 0 Å². The molecule has 0 saturated heterocycles. The Labute approximate surface area is 88.4 Å². The second-order valence-electron chi connectivity index (χ2n) is 3.47. The minimum atomic E-state index is -0.543. The Balaban J connectivity index is 2.11. The van der Waals surface area contributed by atoms with Crippen LogP contribution in [0.3, 0.4) is 0 Å². The Hall–Kier alpha value is -1.61. The predicted molar refractivity (Wildman–Crippen MR) is 56.3 cm³/mol. The first-order chi connectivity index (χ1) is 7.27. The summed E-state index contributed by atoms with van der Waals surface area (Å²) in [7, 11) is 0. The van der Waals surface area contributed by atoms with Crippen molar-refractivity contribution in [1.29, 1.82) is 0 Å². The van der Waals surface area contributed by atoms with E-state index < -0.39 is 6.10 Å². The summed E-state index contributed by atoms with van der Waals surface area (Å²) in [5.41, 5.74) is 1.71. The molecule has 1 N–H and O–H groups in total. The van der Waals surface area contributed by atoms with Crippen molar-refractivity contribution in [2.24, 2.45) is 0 Å². The second kappa shape index (κ2) is 4.28. The largest absolute Gasteiger partial charge is 0.469 e. The van der Waals surface area contributed by atoms with Gasteiger partial charge in [-0.15, -0.1) is 0 Å². The van der Waals surface area contributed by atoms with Gasteiger partial charge in [-0.05, 0) is 25.1 Å². The number of hydrogen-bond acceptors (Lipinski definition) is 3. The van der Waals surface area contributed by atoms with Gasteiger partial charge in [0, 0.05) is 23.9 Å². The van der Waals surface area contributed by atoms with Crippen molar-refractivity contribution in [3.63, 3.8) is 0 Å². The molecule has 1 unspecified atom stereocenters. The zero-order valence-electron chi connectivity index (χ0n) is 8.55. The molecule has 0 aliphatic rings. The normalized spacial score (nSPS) is 12.7. The molecule has 3 heteroatoms. The number of rotatable bonds is 3. The average molecular weight is 203 g/mol. The van der Waals surface area contributed by atoms with Gasteiger partial charge >= 0.3 is 0 Å². The molecule has 2 aromatic heterocycles. The summed E-state index contributed by atoms with van der Waals surface area (Å²) < 4.78 is 5.14. The number of aryl methyl sites for hydroxylation is 1. The summed E-state index contributed by atoms with van der Waals surface area (Å²) >= 11 is 0. The van der Waals surface area contributed by atoms with Crippen LogP contribution in [0.15, 0.2) is 41.1 Å². The van der Waals surface area contributed by atoms with Crippen LogP contribution in [0.5, 0.6) is 0 Å². The van der Waals surface area contributed by atoms with E-state index in [0.717, 1.165) is 17.0 Å². The van der Waals surface area contributed by atoms with Crippen molar-refractivity contribution >= 4 is 0 Å². The Morgan fingerprint density at radius 3 is 2.87 bits per heavy atom. The maximum absolute atomic E-state index is 9.94. The third kappa shape index (κ3) is 2.25. The smallest absolute Gasteiger partial charge is 0.106 e. The van der Waals surface area contributed by atoms with Gasteiger partial charge in [-0.25, -0.2) is 0 Å². The highest BCUT2D eigenvalue weighted by atomic mass is 16.3. The molecule has 0 aliphatic carbocycles. The molecule has 0 fully saturated rings. The SMILES string of the molecule is Cc1occc1C(O)Cc1ccccn1. The molecule has 0 bridgehead atoms. The number of nitrogens with zero attached hydrogens (tertiary/aromatic N) is 1. The summed E-state index contributed by atoms with van der Waals surface area (Å²) in [5, 5.41) is 9.94. The predicted octanol–water partition coefficient (Wildman–Crippen LogP) is 2.26. The average Bonchev–Trinajstić information content (AvgIpc) is 2.66. The Morgan fingerprint density at radius 2 is 2.27 bits per heavy atom. The highest BCUT2D eigenvalue weighted by Crippen LogP contribution is 2.21. The van der Waals surface area contributed by atoms with Gasteiger partial charge in [-0.3, -0.25) is 4.98 Å². The minimum absolute atomic E-state index is 0.515. The van der Waals surface area contributed by atoms with Gasteiger partial charge in [0.2, 0.25) is 0 Å². The van der Waals surface area contributed by atoms with E-state index in [4.69, 9.17) is 4.42 Å². The molecule has 0 saturated carbocycles. The van der Waals surface area contributed by atoms with Crippen LogP contribution in [0, 0.1) is 6.92 Å². The summed E-state index contributed by atoms with van der Waals surface area (Å²) in [6, 6.07) is 7.47. The number of aliphatic hydroxyl groups is 1. The molecule has 0 spiro atoms. The molecule has 0 amide bonds. The standard InChI is InChI=1S/C12H13NO2/c1-9-11(5-7-15-9)12(14)8-10-4-2-3-6-13-10/h2-7,12,14H,8H2,1H3. The molecule has 15 heavy (non-hydrogen) atoms. The molecular formula is C12H13NO2. The molecule has 0 aromatic carbocycles. The fourth-order valence-electron chi connectivity index (χ4n) is 1.57. The van der Waals surface area contributed by atoms with Crippen molar-refractivity contribution in [2.75, 3.05) is 0 Å². The van der Waals surface area contributed by atoms with E-state index in [0.29, 0.717) is 6.42 Å². The Kier molecular flexibility index (Phi) is 2.83. The van der Waals surface area contributed by atoms with Crippen LogP contribution in [0.2, 0.25) is 0 Å². The Bertz CT molecular complexity index is 422. The summed E-state index contributed by atoms with van der Waals surface area (Å²) in [6.07, 6.45) is 3.29. The van der Waals surface area contributed by atoms with Crippen LogP contribution in [0.4, 0.5) is 0 Å². The molecule has 78 valence electrons. The maximum atomic E-state index is 9.94. The number of aliphatic hydroxyl groups excluding tert-OH is 1. The fraction of sp³-hybridized carbons (Fsp3) is 0.250. The van der Waals surface area contributed by atoms with Crippen LogP contribution in [0.25, 0.3) is 0 Å². The maximum Gasteiger partial charge on any atom is 0.106 e. The molecule has 0 aliphatic heterocycles. The molecular weight excluding hydrogens is 190 g/mol. The van der Waals surface area contributed by atoms with Gasteiger partial charge < -0.3 is 9.52 Å². The van der Waals surface area contributed by atoms with Crippen LogP contribution >= 0.6 is 0 Å². The lowest BCUT2D eigenvalue weighted by Gasteiger charge is -2.08. The third-order valence-electron chi connectivity index (χ3n) is 2.39. The third-order valence-corrected chi connectivity index (χ3v) is 2.39. The van der Waals surface area contributed by atoms with Gasteiger partial charge in [0.1, 0.15) is 5.76 Å². The highest BCUT2D eigenvalue weighted by Gasteiger charge is 2.13. The first-order valence-corrected chi connectivity index (χ1v) is 4.89. The number of hydrogen-bond donors (Lipinski definition) is 1. The van der Waals surface area contributed by atoms with Gasteiger partial charge in [0.05, 0.1) is 12.4 Å². The lowest BCUT2D eigenvalue weighted by atomic mass is 10.1. The molecule has 3 nitrogen and oxygen atoms in total. The number of aromatic nitrogens is 1. The van der Waals surface area contributed by atoms with Crippen molar-refractivity contribution in [3.05, 3.63) is 53.7 Å². The summed E-state index contributed by atoms with van der Waals surface area (Å²) in [6.45, 7) is 1.84. The fourth-order valence-corrected chi connectivity index (χ4v) is 1.57. The van der Waals surface area contributed by atoms with E-state index in [1.54, 1.807) is 18.5 Å². The summed E-state index contributed by atoms with van der Waals surface area (Å²) in [5.74, 6) is 0.762. The minimum Gasteiger partial charge on any atom is -0.469 e.